The largest absolute Gasteiger partial charge is 0.308 e. The van der Waals surface area contributed by atoms with Gasteiger partial charge in [-0.15, -0.1) is 0 Å². The summed E-state index contributed by atoms with van der Waals surface area (Å²) in [4.78, 5) is 24.2. The van der Waals surface area contributed by atoms with Crippen LogP contribution in [0.15, 0.2) is 84.0 Å². The van der Waals surface area contributed by atoms with Gasteiger partial charge in [0.05, 0.1) is 11.4 Å². The number of fused-ring (bicyclic) bond motifs is 1. The topological polar surface area (TPSA) is 92.3 Å². The van der Waals surface area contributed by atoms with Crippen LogP contribution in [-0.2, 0) is 27.8 Å². The smallest absolute Gasteiger partial charge is 0.241 e. The van der Waals surface area contributed by atoms with Crippen molar-refractivity contribution in [1.29, 1.82) is 0 Å². The molecule has 1 saturated carbocycles. The fraction of sp³-hybridized carbons (Fsp3) is 0.258. The molecule has 0 spiro atoms. The van der Waals surface area contributed by atoms with Crippen LogP contribution in [0.4, 0.5) is 14.5 Å². The van der Waals surface area contributed by atoms with E-state index in [4.69, 9.17) is 0 Å². The highest BCUT2D eigenvalue weighted by Gasteiger charge is 2.46. The average molecular weight is 575 g/mol. The van der Waals surface area contributed by atoms with E-state index in [0.29, 0.717) is 30.8 Å². The highest BCUT2D eigenvalue weighted by atomic mass is 32.2. The third-order valence-corrected chi connectivity index (χ3v) is 9.27. The molecule has 0 aliphatic heterocycles. The Kier molecular flexibility index (Phi) is 7.13. The molecule has 41 heavy (non-hydrogen) atoms. The number of nitrogens with zero attached hydrogens (tertiary/aromatic N) is 3. The summed E-state index contributed by atoms with van der Waals surface area (Å²) < 4.78 is 55.7. The number of amides is 1. The average Bonchev–Trinajstić information content (AvgIpc) is 3.67. The number of carbonyl (C=O) groups excluding carboxylic acids is 1. The molecule has 210 valence electrons. The second kappa shape index (κ2) is 10.8. The van der Waals surface area contributed by atoms with E-state index in [1.807, 2.05) is 18.2 Å². The maximum atomic E-state index is 13.9. The number of anilines is 1. The molecule has 1 heterocycles. The summed E-state index contributed by atoms with van der Waals surface area (Å²) in [5, 5.41) is 0. The lowest BCUT2D eigenvalue weighted by molar-refractivity contribution is -0.120. The molecule has 2 aliphatic carbocycles. The van der Waals surface area contributed by atoms with Crippen molar-refractivity contribution in [3.63, 3.8) is 0 Å². The van der Waals surface area contributed by atoms with Gasteiger partial charge in [-0.3, -0.25) is 4.79 Å². The molecule has 10 heteroatoms. The highest BCUT2D eigenvalue weighted by Crippen LogP contribution is 2.49. The summed E-state index contributed by atoms with van der Waals surface area (Å²) in [7, 11) is -3.89. The first-order valence-electron chi connectivity index (χ1n) is 13.4. The van der Waals surface area contributed by atoms with Gasteiger partial charge in [-0.2, -0.15) is 0 Å². The van der Waals surface area contributed by atoms with Gasteiger partial charge in [-0.1, -0.05) is 18.2 Å². The van der Waals surface area contributed by atoms with Gasteiger partial charge in [-0.05, 0) is 97.3 Å². The van der Waals surface area contributed by atoms with Gasteiger partial charge in [-0.25, -0.2) is 31.9 Å². The van der Waals surface area contributed by atoms with Crippen LogP contribution < -0.4 is 9.62 Å². The van der Waals surface area contributed by atoms with Gasteiger partial charge in [0.1, 0.15) is 17.5 Å². The molecule has 6 rings (SSSR count). The lowest BCUT2D eigenvalue weighted by atomic mass is 10.1. The van der Waals surface area contributed by atoms with Gasteiger partial charge in [0, 0.05) is 35.6 Å². The first kappa shape index (κ1) is 27.2. The summed E-state index contributed by atoms with van der Waals surface area (Å²) in [6.45, 7) is 2.04. The minimum Gasteiger partial charge on any atom is -0.308 e. The summed E-state index contributed by atoms with van der Waals surface area (Å²) in [6, 6.07) is 16.2. The van der Waals surface area contributed by atoms with Gasteiger partial charge < -0.3 is 4.90 Å². The van der Waals surface area contributed by atoms with Crippen LogP contribution in [0.5, 0.6) is 0 Å². The minimum absolute atomic E-state index is 0.00422. The molecule has 3 atom stereocenters. The summed E-state index contributed by atoms with van der Waals surface area (Å²) in [5.41, 5.74) is 4.14. The Balaban J connectivity index is 1.29. The van der Waals surface area contributed by atoms with Gasteiger partial charge in [0.25, 0.3) is 0 Å². The number of aryl methyl sites for hydroxylation is 2. The Morgan fingerprint density at radius 3 is 2.32 bits per heavy atom. The maximum absolute atomic E-state index is 13.9. The van der Waals surface area contributed by atoms with Crippen molar-refractivity contribution in [2.24, 2.45) is 5.92 Å². The zero-order valence-electron chi connectivity index (χ0n) is 22.3. The number of sulfonamides is 1. The second-order valence-electron chi connectivity index (χ2n) is 10.6. The first-order valence-corrected chi connectivity index (χ1v) is 14.9. The van der Waals surface area contributed by atoms with E-state index in [1.54, 1.807) is 36.4 Å². The number of carbonyl (C=O) groups is 1. The maximum Gasteiger partial charge on any atom is 0.241 e. The van der Waals surface area contributed by atoms with E-state index in [0.717, 1.165) is 34.4 Å². The van der Waals surface area contributed by atoms with E-state index < -0.39 is 21.9 Å². The summed E-state index contributed by atoms with van der Waals surface area (Å²) in [6.07, 6.45) is 5.30. The quantitative estimate of drug-likeness (QED) is 0.306. The fourth-order valence-corrected chi connectivity index (χ4v) is 6.73. The molecule has 4 aromatic rings. The number of aromatic nitrogens is 2. The predicted molar refractivity (Wildman–Crippen MR) is 149 cm³/mol. The van der Waals surface area contributed by atoms with E-state index >= 15 is 0 Å². The van der Waals surface area contributed by atoms with Gasteiger partial charge in [0.2, 0.25) is 15.9 Å². The van der Waals surface area contributed by atoms with Crippen LogP contribution >= 0.6 is 0 Å². The van der Waals surface area contributed by atoms with Crippen molar-refractivity contribution in [3.05, 3.63) is 119 Å². The van der Waals surface area contributed by atoms with E-state index in [2.05, 4.69) is 14.7 Å². The van der Waals surface area contributed by atoms with Crippen LogP contribution in [0.2, 0.25) is 0 Å². The van der Waals surface area contributed by atoms with Crippen molar-refractivity contribution in [2.75, 3.05) is 4.90 Å². The molecule has 0 bridgehead atoms. The zero-order chi connectivity index (χ0) is 28.7. The molecule has 1 aromatic heterocycles. The van der Waals surface area contributed by atoms with E-state index in [-0.39, 0.29) is 35.0 Å². The Bertz CT molecular complexity index is 1700. The van der Waals surface area contributed by atoms with Crippen molar-refractivity contribution in [1.82, 2.24) is 14.7 Å². The van der Waals surface area contributed by atoms with E-state index in [9.17, 15) is 22.0 Å². The monoisotopic (exact) mass is 574 g/mol. The zero-order valence-corrected chi connectivity index (χ0v) is 23.1. The molecule has 7 nitrogen and oxygen atoms in total. The van der Waals surface area contributed by atoms with Gasteiger partial charge >= 0.3 is 0 Å². The molecular formula is C31H28F2N4O3S. The molecule has 2 aliphatic rings. The number of hydrogen-bond acceptors (Lipinski definition) is 5. The molecular weight excluding hydrogens is 546 g/mol. The second-order valence-corrected chi connectivity index (χ2v) is 12.3. The Hall–Kier alpha value is -4.02. The SMILES string of the molecule is Cc1ncc(CN(C(=O)[C@@H]2C[C@H]2c2ccc(F)cc2)c2ccc3c(c2)[C@H](NS(=O)(=O)c2ccc(F)cc2)CC3)cn1. The summed E-state index contributed by atoms with van der Waals surface area (Å²) >= 11 is 0. The molecule has 1 amide bonds. The van der Waals surface area contributed by atoms with Crippen LogP contribution in [-0.4, -0.2) is 24.3 Å². The molecule has 1 fully saturated rings. The Labute approximate surface area is 237 Å². The number of nitrogens with one attached hydrogen (secondary N) is 1. The number of benzene rings is 3. The van der Waals surface area contributed by atoms with Crippen LogP contribution in [0.25, 0.3) is 0 Å². The third kappa shape index (κ3) is 5.75. The standard InChI is InChI=1S/C31H28F2N4O3S/c1-19-34-16-20(17-35-19)18-37(31(38)29-15-27(29)21-2-6-23(32)7-3-21)25-10-4-22-5-13-30(28(22)14-25)36-41(39,40)26-11-8-24(33)9-12-26/h2-4,6-12,14,16-17,27,29-30,36H,5,13,15,18H2,1H3/t27-,29+,30+/m0/s1. The normalized spacial score (nSPS) is 19.5. The first-order chi connectivity index (χ1) is 19.7. The minimum atomic E-state index is -3.89. The molecule has 3 aromatic carbocycles. The number of rotatable bonds is 8. The van der Waals surface area contributed by atoms with Gasteiger partial charge in [0.15, 0.2) is 0 Å². The van der Waals surface area contributed by atoms with Crippen molar-refractivity contribution >= 4 is 21.6 Å². The molecule has 1 N–H and O–H groups in total. The Morgan fingerprint density at radius 1 is 0.976 bits per heavy atom. The lowest BCUT2D eigenvalue weighted by Gasteiger charge is -2.25. The third-order valence-electron chi connectivity index (χ3n) is 7.79. The molecule has 0 radical (unpaired) electrons. The summed E-state index contributed by atoms with van der Waals surface area (Å²) in [5.74, 6) is -0.528. The Morgan fingerprint density at radius 2 is 1.63 bits per heavy atom. The number of halogens is 2. The van der Waals surface area contributed by atoms with Crippen LogP contribution in [0.1, 0.15) is 52.9 Å². The fourth-order valence-electron chi connectivity index (χ4n) is 5.48. The lowest BCUT2D eigenvalue weighted by Crippen LogP contribution is -2.32. The van der Waals surface area contributed by atoms with Crippen molar-refractivity contribution in [3.8, 4) is 0 Å². The number of hydrogen-bond donors (Lipinski definition) is 1. The van der Waals surface area contributed by atoms with Crippen molar-refractivity contribution in [2.45, 2.75) is 49.6 Å². The van der Waals surface area contributed by atoms with Crippen molar-refractivity contribution < 1.29 is 22.0 Å². The van der Waals surface area contributed by atoms with Crippen LogP contribution in [0, 0.1) is 24.5 Å². The van der Waals surface area contributed by atoms with E-state index in [1.165, 1.54) is 24.3 Å². The van der Waals surface area contributed by atoms with Crippen LogP contribution in [0.3, 0.4) is 0 Å². The predicted octanol–water partition coefficient (Wildman–Crippen LogP) is 5.37. The highest BCUT2D eigenvalue weighted by molar-refractivity contribution is 7.89. The molecule has 0 saturated heterocycles. The molecule has 0 unspecified atom stereocenters.